The van der Waals surface area contributed by atoms with Crippen LogP contribution in [0.25, 0.3) is 0 Å². The van der Waals surface area contributed by atoms with E-state index in [0.717, 1.165) is 32.1 Å². The number of fused-ring (bicyclic) bond motifs is 6. The summed E-state index contributed by atoms with van der Waals surface area (Å²) in [4.78, 5) is 19.1. The van der Waals surface area contributed by atoms with Crippen molar-refractivity contribution < 1.29 is 40.2 Å². The van der Waals surface area contributed by atoms with E-state index in [0.29, 0.717) is 50.3 Å². The van der Waals surface area contributed by atoms with Gasteiger partial charge in [-0.3, -0.25) is 9.79 Å². The molecule has 6 fully saturated rings. The molecular weight excluding hydrogens is 610 g/mol. The highest BCUT2D eigenvalue weighted by Gasteiger charge is 2.75. The van der Waals surface area contributed by atoms with E-state index in [2.05, 4.69) is 6.92 Å². The molecule has 0 radical (unpaired) electrons. The standard InChI is InChI=1S/C39H65NO8/c1-6-7-8-9-12-24-22-48-34-25(24)13-10-11-16-39(34,47)37(5,45)30-15-18-38(46)31-26(14-17-36(30,38)4)35(3)20-29(43)28(42)19-27(35)33(44)32(31)40-21-23(2)41/h23-31,34,41-43,45-47H,6-22H2,1-5H3/t23-,24+,25-,26-,27-,28+,29-,30-,31-,34+,35+,36+,37+,38+,39+/m0/s1. The van der Waals surface area contributed by atoms with Crippen molar-refractivity contribution in [2.45, 2.75) is 172 Å². The van der Waals surface area contributed by atoms with E-state index in [9.17, 15) is 35.4 Å². The van der Waals surface area contributed by atoms with Crippen molar-refractivity contribution in [3.63, 3.8) is 0 Å². The maximum atomic E-state index is 14.4. The average Bonchev–Trinajstić information content (AvgIpc) is 3.50. The normalized spacial score (nSPS) is 50.2. The van der Waals surface area contributed by atoms with E-state index >= 15 is 0 Å². The number of aliphatic imine (C=N–C) groups is 1. The lowest BCUT2D eigenvalue weighted by molar-refractivity contribution is -0.257. The number of ether oxygens (including phenoxy) is 1. The zero-order valence-electron chi connectivity index (χ0n) is 30.2. The van der Waals surface area contributed by atoms with Gasteiger partial charge in [-0.25, -0.2) is 0 Å². The fourth-order valence-electron chi connectivity index (χ4n) is 12.6. The van der Waals surface area contributed by atoms with Gasteiger partial charge in [-0.1, -0.05) is 59.3 Å². The van der Waals surface area contributed by atoms with Crippen LogP contribution in [0, 0.1) is 46.3 Å². The van der Waals surface area contributed by atoms with Crippen molar-refractivity contribution in [3.05, 3.63) is 0 Å². The fraction of sp³-hybridized carbons (Fsp3) is 0.949. The van der Waals surface area contributed by atoms with Gasteiger partial charge in [0.2, 0.25) is 0 Å². The number of Topliss-reactive ketones (excluding diaryl/α,β-unsaturated/α-hetero) is 1. The molecule has 274 valence electrons. The van der Waals surface area contributed by atoms with Gasteiger partial charge in [-0.05, 0) is 101 Å². The highest BCUT2D eigenvalue weighted by atomic mass is 16.5. The first-order valence-corrected chi connectivity index (χ1v) is 19.5. The Balaban J connectivity index is 1.34. The highest BCUT2D eigenvalue weighted by Crippen LogP contribution is 2.70. The number of unbranched alkanes of at least 4 members (excludes halogenated alkanes) is 3. The summed E-state index contributed by atoms with van der Waals surface area (Å²) >= 11 is 0. The molecule has 9 heteroatoms. The minimum atomic E-state index is -1.56. The molecule has 0 spiro atoms. The zero-order valence-corrected chi connectivity index (χ0v) is 30.2. The number of ketones is 1. The molecule has 1 heterocycles. The lowest BCUT2D eigenvalue weighted by atomic mass is 9.41. The van der Waals surface area contributed by atoms with E-state index in [1.165, 1.54) is 19.3 Å². The Labute approximate surface area is 288 Å². The highest BCUT2D eigenvalue weighted by molar-refractivity contribution is 6.42. The molecule has 6 aliphatic rings. The lowest BCUT2D eigenvalue weighted by Gasteiger charge is -2.64. The van der Waals surface area contributed by atoms with E-state index in [1.807, 2.05) is 13.8 Å². The van der Waals surface area contributed by atoms with Crippen LogP contribution in [-0.2, 0) is 9.53 Å². The van der Waals surface area contributed by atoms with Crippen molar-refractivity contribution in [2.75, 3.05) is 13.2 Å². The summed E-state index contributed by atoms with van der Waals surface area (Å²) in [7, 11) is 0. The van der Waals surface area contributed by atoms with Gasteiger partial charge < -0.3 is 35.4 Å². The third-order valence-electron chi connectivity index (χ3n) is 15.4. The van der Waals surface area contributed by atoms with Gasteiger partial charge >= 0.3 is 0 Å². The second kappa shape index (κ2) is 13.2. The summed E-state index contributed by atoms with van der Waals surface area (Å²) in [6.45, 7) is 10.4. The molecule has 15 atom stereocenters. The fourth-order valence-corrected chi connectivity index (χ4v) is 12.6. The maximum Gasteiger partial charge on any atom is 0.180 e. The first-order valence-electron chi connectivity index (χ1n) is 19.5. The molecule has 1 aliphatic heterocycles. The number of carbonyl (C=O) groups is 1. The number of nitrogens with zero attached hydrogens (tertiary/aromatic N) is 1. The van der Waals surface area contributed by atoms with Crippen molar-refractivity contribution in [1.29, 1.82) is 0 Å². The van der Waals surface area contributed by atoms with E-state index < -0.39 is 69.8 Å². The molecule has 1 saturated heterocycles. The van der Waals surface area contributed by atoms with Gasteiger partial charge in [-0.15, -0.1) is 0 Å². The monoisotopic (exact) mass is 675 g/mol. The second-order valence-electron chi connectivity index (χ2n) is 18.0. The number of hydrogen-bond acceptors (Lipinski definition) is 9. The second-order valence-corrected chi connectivity index (χ2v) is 18.0. The Hall–Kier alpha value is -0.940. The van der Waals surface area contributed by atoms with Crippen LogP contribution >= 0.6 is 0 Å². The quantitative estimate of drug-likeness (QED) is 0.197. The molecule has 48 heavy (non-hydrogen) atoms. The molecule has 6 rings (SSSR count). The van der Waals surface area contributed by atoms with Crippen LogP contribution in [0.15, 0.2) is 4.99 Å². The molecule has 0 aromatic heterocycles. The van der Waals surface area contributed by atoms with Crippen LogP contribution in [0.1, 0.15) is 131 Å². The molecule has 0 unspecified atom stereocenters. The molecule has 0 aromatic carbocycles. The molecule has 0 aromatic rings. The van der Waals surface area contributed by atoms with Crippen LogP contribution in [0.2, 0.25) is 0 Å². The Morgan fingerprint density at radius 3 is 2.48 bits per heavy atom. The van der Waals surface area contributed by atoms with Crippen molar-refractivity contribution in [2.24, 2.45) is 51.3 Å². The molecule has 0 bridgehead atoms. The minimum absolute atomic E-state index is 0.0343. The third-order valence-corrected chi connectivity index (χ3v) is 15.4. The Bertz CT molecular complexity index is 1220. The van der Waals surface area contributed by atoms with Crippen LogP contribution < -0.4 is 0 Å². The Morgan fingerprint density at radius 2 is 1.77 bits per heavy atom. The van der Waals surface area contributed by atoms with Gasteiger partial charge in [0.25, 0.3) is 0 Å². The SMILES string of the molecule is CCCCCC[C@@H]1CO[C@@H]2[C@H]1CCCC[C@]2(O)[C@](C)(O)[C@H]1CC[C@@]2(O)[C@@H]3C(=NC[C@H](C)O)C(=O)[C@@H]4C[C@@H](O)[C@@H](O)C[C@]4(C)[C@H]3CC[C@]12C. The summed E-state index contributed by atoms with van der Waals surface area (Å²) in [6.07, 6.45) is 8.43. The van der Waals surface area contributed by atoms with Gasteiger partial charge in [0, 0.05) is 17.3 Å². The molecule has 9 nitrogen and oxygen atoms in total. The first-order chi connectivity index (χ1) is 22.6. The number of aliphatic hydroxyl groups is 6. The van der Waals surface area contributed by atoms with Crippen LogP contribution in [0.4, 0.5) is 0 Å². The van der Waals surface area contributed by atoms with Crippen LogP contribution in [0.5, 0.6) is 0 Å². The predicted octanol–water partition coefficient (Wildman–Crippen LogP) is 4.36. The summed E-state index contributed by atoms with van der Waals surface area (Å²) < 4.78 is 6.52. The average molecular weight is 676 g/mol. The van der Waals surface area contributed by atoms with Gasteiger partial charge in [0.1, 0.15) is 5.60 Å². The maximum absolute atomic E-state index is 14.4. The zero-order chi connectivity index (χ0) is 34.9. The topological polar surface area (TPSA) is 160 Å². The summed E-state index contributed by atoms with van der Waals surface area (Å²) in [5.74, 6) is -1.44. The summed E-state index contributed by atoms with van der Waals surface area (Å²) in [5.41, 5.74) is -5.62. The first kappa shape index (κ1) is 36.8. The molecule has 5 saturated carbocycles. The van der Waals surface area contributed by atoms with E-state index in [4.69, 9.17) is 9.73 Å². The Kier molecular flexibility index (Phi) is 10.2. The van der Waals surface area contributed by atoms with Crippen molar-refractivity contribution in [3.8, 4) is 0 Å². The molecule has 6 N–H and O–H groups in total. The predicted molar refractivity (Wildman–Crippen MR) is 183 cm³/mol. The largest absolute Gasteiger partial charge is 0.391 e. The lowest BCUT2D eigenvalue weighted by Crippen LogP contribution is -2.71. The summed E-state index contributed by atoms with van der Waals surface area (Å²) in [6, 6.07) is 0. The minimum Gasteiger partial charge on any atom is -0.391 e. The van der Waals surface area contributed by atoms with Gasteiger partial charge in [-0.2, -0.15) is 0 Å². The molecule has 5 aliphatic carbocycles. The Morgan fingerprint density at radius 1 is 1.02 bits per heavy atom. The van der Waals surface area contributed by atoms with Crippen LogP contribution in [0.3, 0.4) is 0 Å². The van der Waals surface area contributed by atoms with Gasteiger partial charge in [0.15, 0.2) is 5.78 Å². The van der Waals surface area contributed by atoms with E-state index in [-0.39, 0.29) is 37.0 Å². The van der Waals surface area contributed by atoms with Crippen LogP contribution in [-0.4, -0.2) is 96.5 Å². The van der Waals surface area contributed by atoms with Crippen molar-refractivity contribution in [1.82, 2.24) is 0 Å². The number of rotatable bonds is 9. The third kappa shape index (κ3) is 5.50. The van der Waals surface area contributed by atoms with E-state index in [1.54, 1.807) is 13.8 Å². The molecular formula is C39H65NO8. The molecule has 0 amide bonds. The number of hydrogen-bond donors (Lipinski definition) is 6. The smallest absolute Gasteiger partial charge is 0.180 e. The van der Waals surface area contributed by atoms with Crippen molar-refractivity contribution >= 4 is 11.5 Å². The van der Waals surface area contributed by atoms with Gasteiger partial charge in [0.05, 0.1) is 54.5 Å². The number of aliphatic hydroxyl groups excluding tert-OH is 3. The number of carbonyl (C=O) groups excluding carboxylic acids is 1. The summed E-state index contributed by atoms with van der Waals surface area (Å²) in [5, 5.41) is 70.6.